The van der Waals surface area contributed by atoms with E-state index in [1.54, 1.807) is 48.8 Å². The summed E-state index contributed by atoms with van der Waals surface area (Å²) in [6.07, 6.45) is 5.33. The second-order valence-electron chi connectivity index (χ2n) is 7.48. The molecule has 0 bridgehead atoms. The lowest BCUT2D eigenvalue weighted by Crippen LogP contribution is -2.30. The van der Waals surface area contributed by atoms with Gasteiger partial charge in [-0.05, 0) is 53.8 Å². The van der Waals surface area contributed by atoms with Gasteiger partial charge in [0.1, 0.15) is 0 Å². The molecule has 1 unspecified atom stereocenters. The molecule has 1 aromatic heterocycles. The molecule has 2 aromatic carbocycles. The van der Waals surface area contributed by atoms with E-state index >= 15 is 0 Å². The number of hydrogen-bond acceptors (Lipinski definition) is 4. The molecule has 1 aliphatic rings. The van der Waals surface area contributed by atoms with Gasteiger partial charge in [0, 0.05) is 36.1 Å². The number of rotatable bonds is 6. The molecule has 2 amide bonds. The molecule has 6 heteroatoms. The van der Waals surface area contributed by atoms with Crippen molar-refractivity contribution in [3.8, 4) is 0 Å². The number of pyridine rings is 1. The van der Waals surface area contributed by atoms with Crippen LogP contribution < -0.4 is 16.4 Å². The molecule has 30 heavy (non-hydrogen) atoms. The van der Waals surface area contributed by atoms with Crippen LogP contribution in [0.5, 0.6) is 0 Å². The number of nitrogens with zero attached hydrogens (tertiary/aromatic N) is 1. The minimum Gasteiger partial charge on any atom is -0.349 e. The number of hydrogen-bond donors (Lipinski definition) is 3. The summed E-state index contributed by atoms with van der Waals surface area (Å²) in [5.41, 5.74) is 10.8. The summed E-state index contributed by atoms with van der Waals surface area (Å²) in [7, 11) is 0. The Morgan fingerprint density at radius 2 is 1.77 bits per heavy atom. The fourth-order valence-electron chi connectivity index (χ4n) is 3.80. The zero-order chi connectivity index (χ0) is 20.9. The molecule has 6 nitrogen and oxygen atoms in total. The molecule has 4 N–H and O–H groups in total. The molecule has 0 fully saturated rings. The van der Waals surface area contributed by atoms with Crippen LogP contribution in [0.15, 0.2) is 73.1 Å². The zero-order valence-corrected chi connectivity index (χ0v) is 16.5. The van der Waals surface area contributed by atoms with Gasteiger partial charge in [0.2, 0.25) is 5.91 Å². The summed E-state index contributed by atoms with van der Waals surface area (Å²) in [6.45, 7) is 0. The highest BCUT2D eigenvalue weighted by molar-refractivity contribution is 6.04. The Labute approximate surface area is 175 Å². The topological polar surface area (TPSA) is 97.1 Å². The van der Waals surface area contributed by atoms with Crippen LogP contribution in [0.2, 0.25) is 0 Å². The molecule has 3 aromatic rings. The first-order valence-corrected chi connectivity index (χ1v) is 10.0. The van der Waals surface area contributed by atoms with E-state index in [2.05, 4.69) is 27.8 Å². The SMILES string of the molecule is NC(CC(=O)N[C@H]1CCc2ccccc21)c1ccc(C(=O)Nc2ccncc2)cc1. The maximum absolute atomic E-state index is 12.5. The third kappa shape index (κ3) is 4.55. The Morgan fingerprint density at radius 1 is 1.03 bits per heavy atom. The average molecular weight is 400 g/mol. The minimum absolute atomic E-state index is 0.0557. The van der Waals surface area contributed by atoms with Gasteiger partial charge in [-0.25, -0.2) is 0 Å². The van der Waals surface area contributed by atoms with E-state index < -0.39 is 6.04 Å². The van der Waals surface area contributed by atoms with E-state index in [9.17, 15) is 9.59 Å². The lowest BCUT2D eigenvalue weighted by Gasteiger charge is -2.17. The van der Waals surface area contributed by atoms with Gasteiger partial charge in [-0.15, -0.1) is 0 Å². The highest BCUT2D eigenvalue weighted by Gasteiger charge is 2.24. The third-order valence-electron chi connectivity index (χ3n) is 5.41. The number of nitrogens with one attached hydrogen (secondary N) is 2. The van der Waals surface area contributed by atoms with E-state index in [0.717, 1.165) is 18.4 Å². The Kier molecular flexibility index (Phi) is 5.86. The lowest BCUT2D eigenvalue weighted by atomic mass is 10.0. The average Bonchev–Trinajstić information content (AvgIpc) is 3.17. The number of anilines is 1. The quantitative estimate of drug-likeness (QED) is 0.590. The van der Waals surface area contributed by atoms with E-state index in [4.69, 9.17) is 5.73 Å². The molecule has 0 saturated heterocycles. The number of fused-ring (bicyclic) bond motifs is 1. The van der Waals surface area contributed by atoms with Gasteiger partial charge in [-0.3, -0.25) is 14.6 Å². The zero-order valence-electron chi connectivity index (χ0n) is 16.5. The van der Waals surface area contributed by atoms with Crippen molar-refractivity contribution in [2.75, 3.05) is 5.32 Å². The summed E-state index contributed by atoms with van der Waals surface area (Å²) in [5.74, 6) is -0.275. The van der Waals surface area contributed by atoms with Gasteiger partial charge in [0.25, 0.3) is 5.91 Å². The van der Waals surface area contributed by atoms with E-state index in [-0.39, 0.29) is 24.3 Å². The van der Waals surface area contributed by atoms with Gasteiger partial charge < -0.3 is 16.4 Å². The van der Waals surface area contributed by atoms with Crippen molar-refractivity contribution in [2.24, 2.45) is 5.73 Å². The normalized spacial score (nSPS) is 15.8. The number of carbonyl (C=O) groups excluding carboxylic acids is 2. The van der Waals surface area contributed by atoms with Crippen LogP contribution in [-0.2, 0) is 11.2 Å². The van der Waals surface area contributed by atoms with Crippen molar-refractivity contribution in [3.05, 3.63) is 95.3 Å². The van der Waals surface area contributed by atoms with Gasteiger partial charge in [-0.1, -0.05) is 36.4 Å². The van der Waals surface area contributed by atoms with Crippen LogP contribution in [-0.4, -0.2) is 16.8 Å². The number of aromatic nitrogens is 1. The maximum Gasteiger partial charge on any atom is 0.255 e. The lowest BCUT2D eigenvalue weighted by molar-refractivity contribution is -0.122. The predicted molar refractivity (Wildman–Crippen MR) is 116 cm³/mol. The van der Waals surface area contributed by atoms with Gasteiger partial charge >= 0.3 is 0 Å². The number of benzene rings is 2. The van der Waals surface area contributed by atoms with Gasteiger partial charge in [-0.2, -0.15) is 0 Å². The van der Waals surface area contributed by atoms with Crippen molar-refractivity contribution in [1.82, 2.24) is 10.3 Å². The van der Waals surface area contributed by atoms with Crippen molar-refractivity contribution >= 4 is 17.5 Å². The summed E-state index contributed by atoms with van der Waals surface area (Å²) in [6, 6.07) is 18.3. The molecule has 1 aliphatic carbocycles. The molecule has 0 radical (unpaired) electrons. The molecule has 152 valence electrons. The van der Waals surface area contributed by atoms with E-state index in [1.807, 2.05) is 12.1 Å². The Morgan fingerprint density at radius 3 is 2.53 bits per heavy atom. The van der Waals surface area contributed by atoms with Crippen molar-refractivity contribution in [2.45, 2.75) is 31.3 Å². The van der Waals surface area contributed by atoms with Gasteiger partial charge in [0.05, 0.1) is 6.04 Å². The maximum atomic E-state index is 12.5. The van der Waals surface area contributed by atoms with E-state index in [0.29, 0.717) is 11.3 Å². The molecule has 0 saturated carbocycles. The van der Waals surface area contributed by atoms with Crippen LogP contribution in [0.3, 0.4) is 0 Å². The fourth-order valence-corrected chi connectivity index (χ4v) is 3.80. The number of nitrogens with two attached hydrogens (primary N) is 1. The third-order valence-corrected chi connectivity index (χ3v) is 5.41. The Balaban J connectivity index is 1.33. The second kappa shape index (κ2) is 8.88. The van der Waals surface area contributed by atoms with Crippen LogP contribution in [0.25, 0.3) is 0 Å². The summed E-state index contributed by atoms with van der Waals surface area (Å²) in [4.78, 5) is 28.8. The molecule has 0 spiro atoms. The highest BCUT2D eigenvalue weighted by atomic mass is 16.2. The minimum atomic E-state index is -0.432. The standard InChI is InChI=1S/C24H24N4O2/c25-21(15-23(29)28-22-10-9-16-3-1-2-4-20(16)22)17-5-7-18(8-6-17)24(30)27-19-11-13-26-14-12-19/h1-8,11-14,21-22H,9-10,15,25H2,(H,28,29)(H,26,27,30)/t21?,22-/m0/s1. The first kappa shape index (κ1) is 19.8. The molecular formula is C24H24N4O2. The molecule has 2 atom stereocenters. The number of carbonyl (C=O) groups is 2. The van der Waals surface area contributed by atoms with Crippen LogP contribution in [0.1, 0.15) is 52.0 Å². The smallest absolute Gasteiger partial charge is 0.255 e. The predicted octanol–water partition coefficient (Wildman–Crippen LogP) is 3.53. The van der Waals surface area contributed by atoms with Crippen molar-refractivity contribution in [3.63, 3.8) is 0 Å². The highest BCUT2D eigenvalue weighted by Crippen LogP contribution is 2.31. The summed E-state index contributed by atoms with van der Waals surface area (Å²) >= 11 is 0. The molecular weight excluding hydrogens is 376 g/mol. The Bertz CT molecular complexity index is 1030. The monoisotopic (exact) mass is 400 g/mol. The largest absolute Gasteiger partial charge is 0.349 e. The van der Waals surface area contributed by atoms with Gasteiger partial charge in [0.15, 0.2) is 0 Å². The molecule has 4 rings (SSSR count). The van der Waals surface area contributed by atoms with Crippen LogP contribution in [0, 0.1) is 0 Å². The van der Waals surface area contributed by atoms with Crippen LogP contribution >= 0.6 is 0 Å². The second-order valence-corrected chi connectivity index (χ2v) is 7.48. The molecule has 1 heterocycles. The van der Waals surface area contributed by atoms with Crippen molar-refractivity contribution < 1.29 is 9.59 Å². The Hall–Kier alpha value is -3.51. The number of amides is 2. The number of aryl methyl sites for hydroxylation is 1. The molecule has 0 aliphatic heterocycles. The van der Waals surface area contributed by atoms with Crippen molar-refractivity contribution in [1.29, 1.82) is 0 Å². The van der Waals surface area contributed by atoms with Crippen LogP contribution in [0.4, 0.5) is 5.69 Å². The van der Waals surface area contributed by atoms with E-state index in [1.165, 1.54) is 11.1 Å². The summed E-state index contributed by atoms with van der Waals surface area (Å²) in [5, 5.41) is 5.92. The summed E-state index contributed by atoms with van der Waals surface area (Å²) < 4.78 is 0. The fraction of sp³-hybridized carbons (Fsp3) is 0.208. The first-order valence-electron chi connectivity index (χ1n) is 10.0. The first-order chi connectivity index (χ1) is 14.6.